The lowest BCUT2D eigenvalue weighted by atomic mass is 9.93. The summed E-state index contributed by atoms with van der Waals surface area (Å²) >= 11 is 0. The van der Waals surface area contributed by atoms with Crippen molar-refractivity contribution in [2.75, 3.05) is 6.61 Å². The van der Waals surface area contributed by atoms with Crippen molar-refractivity contribution in [2.45, 2.75) is 43.6 Å². The Morgan fingerprint density at radius 2 is 1.55 bits per heavy atom. The maximum absolute atomic E-state index is 13.6. The van der Waals surface area contributed by atoms with Gasteiger partial charge < -0.3 is 36.0 Å². The maximum Gasteiger partial charge on any atom is 0.375 e. The lowest BCUT2D eigenvalue weighted by Crippen LogP contribution is -2.60. The van der Waals surface area contributed by atoms with E-state index in [9.17, 15) is 39.2 Å². The predicted octanol–water partition coefficient (Wildman–Crippen LogP) is -4.08. The largest absolute Gasteiger partial charge is 0.475 e. The fourth-order valence-electron chi connectivity index (χ4n) is 1.61. The summed E-state index contributed by atoms with van der Waals surface area (Å²) in [6, 6.07) is -2.01. The fourth-order valence-corrected chi connectivity index (χ4v) is 1.61. The van der Waals surface area contributed by atoms with Gasteiger partial charge in [-0.05, 0) is 0 Å². The van der Waals surface area contributed by atoms with Crippen LogP contribution in [0.15, 0.2) is 0 Å². The summed E-state index contributed by atoms with van der Waals surface area (Å²) in [5.74, 6) is -5.10. The van der Waals surface area contributed by atoms with Crippen molar-refractivity contribution < 1.29 is 49.4 Å². The third-order valence-electron chi connectivity index (χ3n) is 2.80. The Morgan fingerprint density at radius 1 is 1.05 bits per heavy atom. The number of carboxylic acids is 1. The van der Waals surface area contributed by atoms with Gasteiger partial charge in [-0.25, -0.2) is 9.18 Å². The highest BCUT2D eigenvalue weighted by Crippen LogP contribution is 2.14. The Kier molecular flexibility index (Phi) is 8.05. The molecule has 0 bridgehead atoms. The van der Waals surface area contributed by atoms with Crippen LogP contribution in [0, 0.1) is 0 Å². The van der Waals surface area contributed by atoms with Crippen LogP contribution in [-0.4, -0.2) is 91.5 Å². The van der Waals surface area contributed by atoms with Gasteiger partial charge >= 0.3 is 5.97 Å². The summed E-state index contributed by atoms with van der Waals surface area (Å²) in [7, 11) is 0. The molecule has 0 spiro atoms. The number of carboxylic acid groups (broad SMARTS) is 1. The molecule has 0 aliphatic rings. The lowest BCUT2D eigenvalue weighted by molar-refractivity contribution is -0.156. The van der Waals surface area contributed by atoms with Gasteiger partial charge in [-0.3, -0.25) is 9.59 Å². The Hall–Kier alpha value is -1.66. The van der Waals surface area contributed by atoms with E-state index in [2.05, 4.69) is 0 Å². The highest BCUT2D eigenvalue weighted by molar-refractivity contribution is 6.34. The minimum atomic E-state index is -3.00. The first-order chi connectivity index (χ1) is 10.0. The van der Waals surface area contributed by atoms with Crippen LogP contribution in [0.5, 0.6) is 0 Å². The molecule has 0 aromatic carbocycles. The monoisotopic (exact) mass is 327 g/mol. The van der Waals surface area contributed by atoms with E-state index < -0.39 is 60.9 Å². The number of rotatable bonds is 9. The van der Waals surface area contributed by atoms with E-state index in [-0.39, 0.29) is 0 Å². The zero-order valence-corrected chi connectivity index (χ0v) is 11.5. The van der Waals surface area contributed by atoms with Crippen LogP contribution in [0.25, 0.3) is 0 Å². The minimum absolute atomic E-state index is 0.899. The minimum Gasteiger partial charge on any atom is -0.475 e. The molecular weight excluding hydrogens is 309 g/mol. The lowest BCUT2D eigenvalue weighted by Gasteiger charge is -2.32. The van der Waals surface area contributed by atoms with E-state index in [0.717, 1.165) is 6.92 Å². The topological polar surface area (TPSA) is 185 Å². The maximum atomic E-state index is 13.6. The molecule has 7 N–H and O–H groups in total. The summed E-state index contributed by atoms with van der Waals surface area (Å²) in [4.78, 5) is 32.4. The smallest absolute Gasteiger partial charge is 0.375 e. The van der Waals surface area contributed by atoms with Gasteiger partial charge in [0.25, 0.3) is 5.78 Å². The molecule has 0 fully saturated rings. The molecule has 128 valence electrons. The molecule has 11 heteroatoms. The number of hydrogen-bond donors (Lipinski definition) is 7. The van der Waals surface area contributed by atoms with Gasteiger partial charge in [-0.15, -0.1) is 0 Å². The first kappa shape index (κ1) is 20.3. The van der Waals surface area contributed by atoms with Gasteiger partial charge in [0.05, 0.1) is 12.6 Å². The van der Waals surface area contributed by atoms with Gasteiger partial charge in [-0.2, -0.15) is 0 Å². The number of aliphatic hydroxyl groups is 5. The molecule has 0 aromatic rings. The molecule has 0 saturated heterocycles. The second-order valence-corrected chi connectivity index (χ2v) is 4.52. The summed E-state index contributed by atoms with van der Waals surface area (Å²) in [6.07, 6.45) is -11.7. The van der Waals surface area contributed by atoms with Crippen molar-refractivity contribution in [1.29, 1.82) is 0 Å². The summed E-state index contributed by atoms with van der Waals surface area (Å²) in [5, 5.41) is 56.9. The van der Waals surface area contributed by atoms with Crippen molar-refractivity contribution in [1.82, 2.24) is 5.32 Å². The molecule has 6 unspecified atom stereocenters. The van der Waals surface area contributed by atoms with Crippen LogP contribution in [0.4, 0.5) is 4.39 Å². The average molecular weight is 327 g/mol. The SMILES string of the molecule is CC(=O)NC(C(O)C(F)C(=O)C(=O)O)C(O)C(O)C(O)CO. The Bertz CT molecular complexity index is 418. The van der Waals surface area contributed by atoms with E-state index in [0.29, 0.717) is 0 Å². The quantitative estimate of drug-likeness (QED) is 0.207. The van der Waals surface area contributed by atoms with E-state index >= 15 is 0 Å². The van der Waals surface area contributed by atoms with Gasteiger partial charge in [0, 0.05) is 6.92 Å². The Morgan fingerprint density at radius 3 is 1.91 bits per heavy atom. The van der Waals surface area contributed by atoms with Crippen LogP contribution in [-0.2, 0) is 14.4 Å². The first-order valence-electron chi connectivity index (χ1n) is 6.06. The van der Waals surface area contributed by atoms with Crippen LogP contribution in [0.3, 0.4) is 0 Å². The number of carbonyl (C=O) groups is 3. The number of nitrogens with one attached hydrogen (secondary N) is 1. The number of aliphatic carboxylic acids is 1. The molecule has 0 aromatic heterocycles. The second-order valence-electron chi connectivity index (χ2n) is 4.52. The molecule has 0 aliphatic carbocycles. The molecule has 22 heavy (non-hydrogen) atoms. The van der Waals surface area contributed by atoms with Gasteiger partial charge in [0.1, 0.15) is 24.4 Å². The Labute approximate surface area is 123 Å². The number of halogens is 1. The van der Waals surface area contributed by atoms with Crippen molar-refractivity contribution in [3.63, 3.8) is 0 Å². The summed E-state index contributed by atoms with van der Waals surface area (Å²) < 4.78 is 13.6. The van der Waals surface area contributed by atoms with Crippen LogP contribution in [0.2, 0.25) is 0 Å². The number of Topliss-reactive ketones (excluding diaryl/α,β-unsaturated/α-hetero) is 1. The number of ketones is 1. The van der Waals surface area contributed by atoms with Crippen molar-refractivity contribution in [3.8, 4) is 0 Å². The number of alkyl halides is 1. The highest BCUT2D eigenvalue weighted by atomic mass is 19.1. The number of aliphatic hydroxyl groups excluding tert-OH is 5. The van der Waals surface area contributed by atoms with Crippen molar-refractivity contribution in [3.05, 3.63) is 0 Å². The summed E-state index contributed by atoms with van der Waals surface area (Å²) in [6.45, 7) is -0.0816. The molecule has 0 heterocycles. The first-order valence-corrected chi connectivity index (χ1v) is 6.06. The van der Waals surface area contributed by atoms with Crippen LogP contribution in [0.1, 0.15) is 6.92 Å². The molecule has 0 saturated carbocycles. The molecular formula is C11H18FNO9. The van der Waals surface area contributed by atoms with E-state index in [4.69, 9.17) is 10.2 Å². The average Bonchev–Trinajstić information content (AvgIpc) is 2.47. The third kappa shape index (κ3) is 5.27. The molecule has 10 nitrogen and oxygen atoms in total. The molecule has 0 radical (unpaired) electrons. The Balaban J connectivity index is 5.30. The van der Waals surface area contributed by atoms with Gasteiger partial charge in [-0.1, -0.05) is 0 Å². The number of hydrogen-bond acceptors (Lipinski definition) is 8. The van der Waals surface area contributed by atoms with Crippen molar-refractivity contribution in [2.24, 2.45) is 0 Å². The predicted molar refractivity (Wildman–Crippen MR) is 66.3 cm³/mol. The van der Waals surface area contributed by atoms with Gasteiger partial charge in [0.15, 0.2) is 6.17 Å². The van der Waals surface area contributed by atoms with Crippen LogP contribution < -0.4 is 5.32 Å². The molecule has 0 aliphatic heterocycles. The zero-order valence-electron chi connectivity index (χ0n) is 11.5. The number of amides is 1. The zero-order chi connectivity index (χ0) is 17.6. The van der Waals surface area contributed by atoms with Crippen molar-refractivity contribution >= 4 is 17.7 Å². The molecule has 0 rings (SSSR count). The van der Waals surface area contributed by atoms with Gasteiger partial charge in [0.2, 0.25) is 5.91 Å². The summed E-state index contributed by atoms with van der Waals surface area (Å²) in [5.41, 5.74) is 0. The highest BCUT2D eigenvalue weighted by Gasteiger charge is 2.43. The third-order valence-corrected chi connectivity index (χ3v) is 2.80. The fraction of sp³-hybridized carbons (Fsp3) is 0.727. The molecule has 1 amide bonds. The van der Waals surface area contributed by atoms with E-state index in [1.807, 2.05) is 5.32 Å². The second kappa shape index (κ2) is 8.70. The van der Waals surface area contributed by atoms with Crippen LogP contribution >= 0.6 is 0 Å². The molecule has 6 atom stereocenters. The van der Waals surface area contributed by atoms with E-state index in [1.54, 1.807) is 0 Å². The normalized spacial score (nSPS) is 19.4. The standard InChI is InChI=1S/C11H18FNO9/c1-3(15)13-6(10(20)7(17)4(16)2-14)8(18)5(12)9(19)11(21)22/h4-8,10,14,16-18,20H,2H2,1H3,(H,13,15)(H,21,22). The van der Waals surface area contributed by atoms with E-state index in [1.165, 1.54) is 0 Å². The number of carbonyl (C=O) groups excluding carboxylic acids is 2.